The Morgan fingerprint density at radius 1 is 1.04 bits per heavy atom. The lowest BCUT2D eigenvalue weighted by Gasteiger charge is -2.50. The minimum absolute atomic E-state index is 0.0635. The number of allylic oxidation sites excluding steroid dienone is 2. The summed E-state index contributed by atoms with van der Waals surface area (Å²) in [4.78, 5) is 13.2. The number of carbonyl (C=O) groups is 1. The largest absolute Gasteiger partial charge is 0.405 e. The Balaban J connectivity index is 1.94. The summed E-state index contributed by atoms with van der Waals surface area (Å²) in [5.41, 5.74) is 5.97. The molecule has 1 aromatic carbocycles. The summed E-state index contributed by atoms with van der Waals surface area (Å²) in [7, 11) is 0. The summed E-state index contributed by atoms with van der Waals surface area (Å²) in [5.74, 6) is -0.949. The molecule has 4 nitrogen and oxygen atoms in total. The molecule has 2 heterocycles. The molecule has 0 bridgehead atoms. The van der Waals surface area contributed by atoms with E-state index in [1.807, 2.05) is 44.2 Å². The fourth-order valence-corrected chi connectivity index (χ4v) is 5.15. The maximum Gasteiger partial charge on any atom is 0.405 e. The number of benzene rings is 1. The van der Waals surface area contributed by atoms with Gasteiger partial charge in [0.15, 0.2) is 5.78 Å². The van der Waals surface area contributed by atoms with Gasteiger partial charge in [0.2, 0.25) is 0 Å². The number of hydrazine groups is 1. The second-order valence-electron chi connectivity index (χ2n) is 8.82. The lowest BCUT2D eigenvalue weighted by Crippen LogP contribution is -2.60. The highest BCUT2D eigenvalue weighted by Crippen LogP contribution is 2.53. The number of alkyl halides is 3. The van der Waals surface area contributed by atoms with Crippen molar-refractivity contribution in [2.24, 2.45) is 11.3 Å². The Hall–Kier alpha value is -1.86. The van der Waals surface area contributed by atoms with Gasteiger partial charge in [0.25, 0.3) is 0 Å². The molecule has 2 aliphatic heterocycles. The zero-order valence-corrected chi connectivity index (χ0v) is 15.6. The minimum atomic E-state index is -4.43. The van der Waals surface area contributed by atoms with Crippen molar-refractivity contribution in [3.63, 3.8) is 0 Å². The van der Waals surface area contributed by atoms with Gasteiger partial charge in [-0.3, -0.25) is 4.79 Å². The highest BCUT2D eigenvalue weighted by molar-refractivity contribution is 6.00. The van der Waals surface area contributed by atoms with Gasteiger partial charge in [-0.15, -0.1) is 0 Å². The van der Waals surface area contributed by atoms with Crippen LogP contribution in [-0.2, 0) is 10.2 Å². The van der Waals surface area contributed by atoms with Crippen LogP contribution in [0.2, 0.25) is 0 Å². The monoisotopic (exact) mass is 379 g/mol. The minimum Gasteiger partial charge on any atom is -0.371 e. The highest BCUT2D eigenvalue weighted by atomic mass is 19.4. The average Bonchev–Trinajstić information content (AvgIpc) is 2.98. The molecule has 4 rings (SSSR count). The average molecular weight is 379 g/mol. The molecule has 0 aromatic heterocycles. The van der Waals surface area contributed by atoms with Crippen LogP contribution >= 0.6 is 0 Å². The lowest BCUT2D eigenvalue weighted by atomic mass is 9.57. The normalized spacial score (nSPS) is 35.5. The highest BCUT2D eigenvalue weighted by Gasteiger charge is 2.63. The van der Waals surface area contributed by atoms with Crippen molar-refractivity contribution in [1.82, 2.24) is 16.2 Å². The van der Waals surface area contributed by atoms with Gasteiger partial charge in [0.1, 0.15) is 6.04 Å². The van der Waals surface area contributed by atoms with E-state index in [1.54, 1.807) is 6.92 Å². The number of ketones is 1. The van der Waals surface area contributed by atoms with Crippen LogP contribution < -0.4 is 16.2 Å². The van der Waals surface area contributed by atoms with E-state index in [0.717, 1.165) is 11.3 Å². The maximum atomic E-state index is 13.8. The maximum absolute atomic E-state index is 13.8. The molecular formula is C20H24F3N3O. The Labute approximate surface area is 156 Å². The number of rotatable bonds is 1. The van der Waals surface area contributed by atoms with Crippen molar-refractivity contribution in [2.75, 3.05) is 0 Å². The summed E-state index contributed by atoms with van der Waals surface area (Å²) in [6.07, 6.45) is -4.07. The summed E-state index contributed by atoms with van der Waals surface area (Å²) in [6, 6.07) is 7.36. The molecule has 146 valence electrons. The van der Waals surface area contributed by atoms with Gasteiger partial charge < -0.3 is 5.32 Å². The Kier molecular flexibility index (Phi) is 3.99. The first-order valence-electron chi connectivity index (χ1n) is 9.21. The van der Waals surface area contributed by atoms with Crippen LogP contribution in [0.15, 0.2) is 41.6 Å². The van der Waals surface area contributed by atoms with Crippen LogP contribution in [0.3, 0.4) is 0 Å². The second kappa shape index (κ2) is 5.82. The molecule has 0 saturated carbocycles. The molecule has 1 aliphatic carbocycles. The molecule has 7 heteroatoms. The SMILES string of the molecule is CC1(C)CC(=O)C2=C(C1)NC1NNC(C(F)(F)F)C1[C@@]2(C)c1ccccc1. The molecule has 3 aliphatic rings. The van der Waals surface area contributed by atoms with E-state index in [4.69, 9.17) is 0 Å². The van der Waals surface area contributed by atoms with E-state index in [9.17, 15) is 18.0 Å². The predicted octanol–water partition coefficient (Wildman–Crippen LogP) is 3.17. The smallest absolute Gasteiger partial charge is 0.371 e. The zero-order chi connectivity index (χ0) is 19.6. The number of hydrogen-bond acceptors (Lipinski definition) is 4. The van der Waals surface area contributed by atoms with Gasteiger partial charge >= 0.3 is 6.18 Å². The van der Waals surface area contributed by atoms with Crippen LogP contribution in [0.1, 0.15) is 39.2 Å². The molecule has 27 heavy (non-hydrogen) atoms. The predicted molar refractivity (Wildman–Crippen MR) is 95.4 cm³/mol. The van der Waals surface area contributed by atoms with Crippen LogP contribution in [0.5, 0.6) is 0 Å². The van der Waals surface area contributed by atoms with Gasteiger partial charge in [-0.05, 0) is 17.4 Å². The quantitative estimate of drug-likeness (QED) is 0.702. The number of halogens is 3. The topological polar surface area (TPSA) is 53.2 Å². The second-order valence-corrected chi connectivity index (χ2v) is 8.82. The van der Waals surface area contributed by atoms with E-state index in [-0.39, 0.29) is 11.2 Å². The first-order chi connectivity index (χ1) is 12.5. The van der Waals surface area contributed by atoms with Crippen molar-refractivity contribution >= 4 is 5.78 Å². The lowest BCUT2D eigenvalue weighted by molar-refractivity contribution is -0.167. The Morgan fingerprint density at radius 2 is 1.70 bits per heavy atom. The van der Waals surface area contributed by atoms with Crippen molar-refractivity contribution in [3.8, 4) is 0 Å². The Morgan fingerprint density at radius 3 is 2.33 bits per heavy atom. The molecule has 3 unspecified atom stereocenters. The van der Waals surface area contributed by atoms with E-state index >= 15 is 0 Å². The van der Waals surface area contributed by atoms with Gasteiger partial charge in [-0.2, -0.15) is 13.2 Å². The zero-order valence-electron chi connectivity index (χ0n) is 15.6. The molecule has 0 amide bonds. The third-order valence-electron chi connectivity index (χ3n) is 6.23. The molecule has 0 radical (unpaired) electrons. The van der Waals surface area contributed by atoms with Crippen LogP contribution in [0.25, 0.3) is 0 Å². The van der Waals surface area contributed by atoms with E-state index < -0.39 is 29.7 Å². The number of fused-ring (bicyclic) bond motifs is 1. The first kappa shape index (κ1) is 18.5. The summed E-state index contributed by atoms with van der Waals surface area (Å²) in [6.45, 7) is 5.82. The summed E-state index contributed by atoms with van der Waals surface area (Å²) in [5, 5.41) is 3.22. The summed E-state index contributed by atoms with van der Waals surface area (Å²) < 4.78 is 41.4. The third kappa shape index (κ3) is 2.79. The third-order valence-corrected chi connectivity index (χ3v) is 6.23. The number of hydrogen-bond donors (Lipinski definition) is 3. The number of Topliss-reactive ketones (excluding diaryl/α,β-unsaturated/α-hetero) is 1. The van der Waals surface area contributed by atoms with Crippen LogP contribution in [0.4, 0.5) is 13.2 Å². The van der Waals surface area contributed by atoms with Gasteiger partial charge in [0, 0.05) is 29.0 Å². The van der Waals surface area contributed by atoms with E-state index in [1.165, 1.54) is 0 Å². The van der Waals surface area contributed by atoms with Crippen molar-refractivity contribution in [2.45, 2.75) is 57.4 Å². The fourth-order valence-electron chi connectivity index (χ4n) is 5.15. The molecule has 4 atom stereocenters. The molecule has 1 saturated heterocycles. The standard InChI is InChI=1S/C20H24F3N3O/c1-18(2)9-12-14(13(27)10-18)19(3,11-7-5-4-6-8-11)15-16(20(21,22)23)25-26-17(15)24-12/h4-8,15-17,24-26H,9-10H2,1-3H3/t15?,16?,17?,19-/m0/s1. The molecular weight excluding hydrogens is 355 g/mol. The molecule has 3 N–H and O–H groups in total. The van der Waals surface area contributed by atoms with E-state index in [0.29, 0.717) is 18.4 Å². The van der Waals surface area contributed by atoms with Crippen LogP contribution in [-0.4, -0.2) is 24.2 Å². The van der Waals surface area contributed by atoms with Crippen LogP contribution in [0, 0.1) is 11.3 Å². The van der Waals surface area contributed by atoms with Crippen molar-refractivity contribution in [1.29, 1.82) is 0 Å². The molecule has 1 aromatic rings. The van der Waals surface area contributed by atoms with Gasteiger partial charge in [-0.25, -0.2) is 10.9 Å². The molecule has 1 fully saturated rings. The van der Waals surface area contributed by atoms with Gasteiger partial charge in [-0.1, -0.05) is 51.1 Å². The number of carbonyl (C=O) groups excluding carboxylic acids is 1. The summed E-state index contributed by atoms with van der Waals surface area (Å²) >= 11 is 0. The number of nitrogens with one attached hydrogen (secondary N) is 3. The van der Waals surface area contributed by atoms with Crippen molar-refractivity contribution in [3.05, 3.63) is 47.2 Å². The van der Waals surface area contributed by atoms with Crippen molar-refractivity contribution < 1.29 is 18.0 Å². The van der Waals surface area contributed by atoms with Gasteiger partial charge in [0.05, 0.1) is 6.17 Å². The fraction of sp³-hybridized carbons (Fsp3) is 0.550. The molecule has 0 spiro atoms. The first-order valence-corrected chi connectivity index (χ1v) is 9.21. The van der Waals surface area contributed by atoms with E-state index in [2.05, 4.69) is 16.2 Å². The Bertz CT molecular complexity index is 802.